The van der Waals surface area contributed by atoms with Gasteiger partial charge in [0.1, 0.15) is 11.5 Å². The molecule has 2 heterocycles. The molecule has 2 aromatic carbocycles. The van der Waals surface area contributed by atoms with Gasteiger partial charge in [-0.1, -0.05) is 12.1 Å². The Morgan fingerprint density at radius 2 is 1.80 bits per heavy atom. The second-order valence-electron chi connectivity index (χ2n) is 8.81. The first-order chi connectivity index (χ1) is 16.9. The highest BCUT2D eigenvalue weighted by Gasteiger charge is 2.36. The van der Waals surface area contributed by atoms with Crippen LogP contribution in [0.15, 0.2) is 42.5 Å². The monoisotopic (exact) mass is 480 g/mol. The first kappa shape index (κ1) is 24.5. The van der Waals surface area contributed by atoms with Crippen molar-refractivity contribution in [1.82, 2.24) is 9.80 Å². The molecule has 35 heavy (non-hydrogen) atoms. The molecule has 1 atom stereocenters. The van der Waals surface area contributed by atoms with Crippen LogP contribution in [-0.2, 0) is 9.59 Å². The van der Waals surface area contributed by atoms with Crippen molar-refractivity contribution in [3.8, 4) is 11.5 Å². The van der Waals surface area contributed by atoms with Crippen LogP contribution in [-0.4, -0.2) is 81.0 Å². The van der Waals surface area contributed by atoms with Crippen LogP contribution in [0.1, 0.15) is 23.7 Å². The topological polar surface area (TPSA) is 91.4 Å². The van der Waals surface area contributed by atoms with E-state index < -0.39 is 5.92 Å². The van der Waals surface area contributed by atoms with E-state index in [4.69, 9.17) is 9.47 Å². The smallest absolute Gasteiger partial charge is 0.254 e. The van der Waals surface area contributed by atoms with Crippen LogP contribution in [0.2, 0.25) is 0 Å². The second-order valence-corrected chi connectivity index (χ2v) is 8.81. The minimum atomic E-state index is -0.543. The lowest BCUT2D eigenvalue weighted by Crippen LogP contribution is -2.47. The van der Waals surface area contributed by atoms with E-state index in [9.17, 15) is 14.4 Å². The predicted octanol–water partition coefficient (Wildman–Crippen LogP) is 2.47. The second kappa shape index (κ2) is 10.8. The molecule has 0 saturated carbocycles. The summed E-state index contributed by atoms with van der Waals surface area (Å²) in [6.45, 7) is 5.57. The third-order valence-electron chi connectivity index (χ3n) is 6.45. The number of carbonyl (C=O) groups is 3. The molecule has 0 bridgehead atoms. The Labute approximate surface area is 205 Å². The Bertz CT molecular complexity index is 1100. The first-order valence-corrected chi connectivity index (χ1v) is 11.9. The molecule has 2 saturated heterocycles. The van der Waals surface area contributed by atoms with E-state index in [1.807, 2.05) is 43.1 Å². The summed E-state index contributed by atoms with van der Waals surface area (Å²) >= 11 is 0. The van der Waals surface area contributed by atoms with Crippen molar-refractivity contribution in [2.24, 2.45) is 5.92 Å². The number of methoxy groups -OCH3 is 1. The number of rotatable bonds is 7. The standard InChI is InChI=1S/C26H32N4O5/c1-4-35-23-8-6-5-7-21(23)30-17-19(16-24(30)31)25(32)27-20-15-18(9-10-22(20)34-3)26(33)29-13-11-28(2)12-14-29/h5-10,15,19H,4,11-14,16-17H2,1-3H3,(H,27,32). The maximum atomic E-state index is 13.2. The highest BCUT2D eigenvalue weighted by atomic mass is 16.5. The average Bonchev–Trinajstić information content (AvgIpc) is 3.26. The summed E-state index contributed by atoms with van der Waals surface area (Å²) in [5.74, 6) is 0.0164. The maximum absolute atomic E-state index is 13.2. The average molecular weight is 481 g/mol. The van der Waals surface area contributed by atoms with Crippen LogP contribution in [0.3, 0.4) is 0 Å². The van der Waals surface area contributed by atoms with E-state index >= 15 is 0 Å². The summed E-state index contributed by atoms with van der Waals surface area (Å²) in [5, 5.41) is 2.89. The molecule has 4 rings (SSSR count). The van der Waals surface area contributed by atoms with Crippen LogP contribution >= 0.6 is 0 Å². The lowest BCUT2D eigenvalue weighted by molar-refractivity contribution is -0.122. The van der Waals surface area contributed by atoms with Gasteiger partial charge in [-0.05, 0) is 44.3 Å². The number of nitrogens with one attached hydrogen (secondary N) is 1. The number of nitrogens with zero attached hydrogens (tertiary/aromatic N) is 3. The number of likely N-dealkylation sites (N-methyl/N-ethyl adjacent to an activating group) is 1. The number of para-hydroxylation sites is 2. The van der Waals surface area contributed by atoms with Gasteiger partial charge in [0.2, 0.25) is 11.8 Å². The number of amides is 3. The third kappa shape index (κ3) is 5.40. The molecule has 1 unspecified atom stereocenters. The van der Waals surface area contributed by atoms with Crippen molar-refractivity contribution in [3.05, 3.63) is 48.0 Å². The molecule has 2 aliphatic rings. The van der Waals surface area contributed by atoms with Gasteiger partial charge < -0.3 is 29.5 Å². The molecule has 3 amide bonds. The SMILES string of the molecule is CCOc1ccccc1N1CC(C(=O)Nc2cc(C(=O)N3CCN(C)CC3)ccc2OC)CC1=O. The van der Waals surface area contributed by atoms with Gasteiger partial charge in [-0.15, -0.1) is 0 Å². The first-order valence-electron chi connectivity index (χ1n) is 11.9. The summed E-state index contributed by atoms with van der Waals surface area (Å²) < 4.78 is 11.1. The lowest BCUT2D eigenvalue weighted by atomic mass is 10.1. The van der Waals surface area contributed by atoms with Crippen molar-refractivity contribution in [1.29, 1.82) is 0 Å². The molecule has 0 spiro atoms. The minimum Gasteiger partial charge on any atom is -0.495 e. The van der Waals surface area contributed by atoms with Gasteiger partial charge in [0, 0.05) is 44.7 Å². The van der Waals surface area contributed by atoms with Gasteiger partial charge in [-0.25, -0.2) is 0 Å². The highest BCUT2D eigenvalue weighted by molar-refractivity contribution is 6.05. The Hall–Kier alpha value is -3.59. The van der Waals surface area contributed by atoms with Crippen molar-refractivity contribution >= 4 is 29.1 Å². The summed E-state index contributed by atoms with van der Waals surface area (Å²) in [6, 6.07) is 12.4. The van der Waals surface area contributed by atoms with Crippen LogP contribution in [0.25, 0.3) is 0 Å². The third-order valence-corrected chi connectivity index (χ3v) is 6.45. The Morgan fingerprint density at radius 1 is 1.06 bits per heavy atom. The van der Waals surface area contributed by atoms with E-state index in [0.29, 0.717) is 48.1 Å². The molecule has 2 aromatic rings. The Morgan fingerprint density at radius 3 is 2.51 bits per heavy atom. The quantitative estimate of drug-likeness (QED) is 0.655. The zero-order valence-electron chi connectivity index (χ0n) is 20.5. The van der Waals surface area contributed by atoms with E-state index in [1.54, 1.807) is 23.1 Å². The van der Waals surface area contributed by atoms with Crippen LogP contribution in [0, 0.1) is 5.92 Å². The number of anilines is 2. The molecule has 9 heteroatoms. The van der Waals surface area contributed by atoms with Crippen LogP contribution in [0.5, 0.6) is 11.5 Å². The summed E-state index contributed by atoms with van der Waals surface area (Å²) in [5.41, 5.74) is 1.56. The zero-order valence-corrected chi connectivity index (χ0v) is 20.5. The van der Waals surface area contributed by atoms with E-state index in [0.717, 1.165) is 13.1 Å². The summed E-state index contributed by atoms with van der Waals surface area (Å²) in [4.78, 5) is 44.5. The number of hydrogen-bond acceptors (Lipinski definition) is 6. The van der Waals surface area contributed by atoms with Crippen molar-refractivity contribution in [2.75, 3.05) is 63.7 Å². The van der Waals surface area contributed by atoms with E-state index in [-0.39, 0.29) is 30.7 Å². The number of ether oxygens (including phenoxy) is 2. The molecule has 1 N–H and O–H groups in total. The van der Waals surface area contributed by atoms with Gasteiger partial charge in [0.15, 0.2) is 0 Å². The molecule has 2 fully saturated rings. The van der Waals surface area contributed by atoms with Crippen molar-refractivity contribution in [3.63, 3.8) is 0 Å². The molecule has 0 radical (unpaired) electrons. The van der Waals surface area contributed by atoms with Crippen molar-refractivity contribution < 1.29 is 23.9 Å². The molecule has 186 valence electrons. The van der Waals surface area contributed by atoms with Gasteiger partial charge in [-0.2, -0.15) is 0 Å². The molecule has 0 aliphatic carbocycles. The van der Waals surface area contributed by atoms with Gasteiger partial charge >= 0.3 is 0 Å². The predicted molar refractivity (Wildman–Crippen MR) is 133 cm³/mol. The molecule has 0 aromatic heterocycles. The maximum Gasteiger partial charge on any atom is 0.254 e. The van der Waals surface area contributed by atoms with Crippen LogP contribution < -0.4 is 19.7 Å². The highest BCUT2D eigenvalue weighted by Crippen LogP contribution is 2.34. The normalized spacial score (nSPS) is 18.5. The largest absolute Gasteiger partial charge is 0.495 e. The molecular weight excluding hydrogens is 448 g/mol. The van der Waals surface area contributed by atoms with Gasteiger partial charge in [0.25, 0.3) is 5.91 Å². The fraction of sp³-hybridized carbons (Fsp3) is 0.423. The van der Waals surface area contributed by atoms with E-state index in [1.165, 1.54) is 7.11 Å². The number of benzene rings is 2. The minimum absolute atomic E-state index is 0.0778. The zero-order chi connectivity index (χ0) is 24.9. The number of carbonyl (C=O) groups excluding carboxylic acids is 3. The Balaban J connectivity index is 1.48. The number of hydrogen-bond donors (Lipinski definition) is 1. The molecule has 9 nitrogen and oxygen atoms in total. The summed E-state index contributed by atoms with van der Waals surface area (Å²) in [7, 11) is 3.55. The van der Waals surface area contributed by atoms with Crippen LogP contribution in [0.4, 0.5) is 11.4 Å². The van der Waals surface area contributed by atoms with Gasteiger partial charge in [0.05, 0.1) is 31.0 Å². The lowest BCUT2D eigenvalue weighted by Gasteiger charge is -2.32. The van der Waals surface area contributed by atoms with E-state index in [2.05, 4.69) is 10.2 Å². The fourth-order valence-electron chi connectivity index (χ4n) is 4.44. The number of piperazine rings is 1. The Kier molecular flexibility index (Phi) is 7.55. The van der Waals surface area contributed by atoms with Gasteiger partial charge in [-0.3, -0.25) is 14.4 Å². The summed E-state index contributed by atoms with van der Waals surface area (Å²) in [6.07, 6.45) is 0.0918. The van der Waals surface area contributed by atoms with Crippen molar-refractivity contribution in [2.45, 2.75) is 13.3 Å². The fourth-order valence-corrected chi connectivity index (χ4v) is 4.44. The molecular formula is C26H32N4O5. The molecule has 2 aliphatic heterocycles.